The van der Waals surface area contributed by atoms with Gasteiger partial charge in [0.1, 0.15) is 5.69 Å². The normalized spacial score (nSPS) is 23.9. The van der Waals surface area contributed by atoms with E-state index >= 15 is 0 Å². The van der Waals surface area contributed by atoms with Gasteiger partial charge in [-0.05, 0) is 24.2 Å². The fourth-order valence-corrected chi connectivity index (χ4v) is 3.00. The molecule has 0 aromatic carbocycles. The lowest BCUT2D eigenvalue weighted by Crippen LogP contribution is -2.46. The minimum absolute atomic E-state index is 0.103. The summed E-state index contributed by atoms with van der Waals surface area (Å²) in [6.07, 6.45) is 9.36. The van der Waals surface area contributed by atoms with Crippen LogP contribution in [0.2, 0.25) is 0 Å². The average Bonchev–Trinajstić information content (AvgIpc) is 2.39. The van der Waals surface area contributed by atoms with Crippen molar-refractivity contribution in [3.63, 3.8) is 0 Å². The van der Waals surface area contributed by atoms with Gasteiger partial charge >= 0.3 is 0 Å². The standard InChI is InChI=1S/C15H23N3O/c1-15(2,3)11-6-4-5-7-12(11)18-14(19)13-10-16-8-9-17-13/h8-12H,4-7H2,1-3H3,(H,18,19)/t11-,12+/m0/s1. The molecule has 1 aromatic rings. The second kappa shape index (κ2) is 5.68. The Hall–Kier alpha value is -1.45. The summed E-state index contributed by atoms with van der Waals surface area (Å²) >= 11 is 0. The summed E-state index contributed by atoms with van der Waals surface area (Å²) in [5.74, 6) is 0.427. The molecule has 4 heteroatoms. The van der Waals surface area contributed by atoms with E-state index in [1.165, 1.54) is 25.5 Å². The molecule has 1 aliphatic rings. The van der Waals surface area contributed by atoms with E-state index in [2.05, 4.69) is 36.1 Å². The number of aromatic nitrogens is 2. The number of nitrogens with one attached hydrogen (secondary N) is 1. The SMILES string of the molecule is CC(C)(C)[C@H]1CCCC[C@H]1NC(=O)c1cnccn1. The molecule has 1 fully saturated rings. The molecule has 2 rings (SSSR count). The van der Waals surface area contributed by atoms with Crippen LogP contribution in [0.3, 0.4) is 0 Å². The Balaban J connectivity index is 2.06. The Kier molecular flexibility index (Phi) is 4.17. The minimum Gasteiger partial charge on any atom is -0.348 e. The van der Waals surface area contributed by atoms with Crippen LogP contribution in [0.15, 0.2) is 18.6 Å². The molecule has 0 bridgehead atoms. The van der Waals surface area contributed by atoms with Gasteiger partial charge in [-0.2, -0.15) is 0 Å². The van der Waals surface area contributed by atoms with Gasteiger partial charge < -0.3 is 5.32 Å². The Morgan fingerprint density at radius 3 is 2.63 bits per heavy atom. The summed E-state index contributed by atoms with van der Waals surface area (Å²) in [5.41, 5.74) is 0.626. The molecule has 1 saturated carbocycles. The van der Waals surface area contributed by atoms with Crippen LogP contribution in [0.4, 0.5) is 0 Å². The van der Waals surface area contributed by atoms with E-state index in [0.29, 0.717) is 11.6 Å². The molecule has 2 atom stereocenters. The monoisotopic (exact) mass is 261 g/mol. The predicted molar refractivity (Wildman–Crippen MR) is 74.7 cm³/mol. The quantitative estimate of drug-likeness (QED) is 0.890. The predicted octanol–water partition coefficient (Wildman–Crippen LogP) is 2.81. The fourth-order valence-electron chi connectivity index (χ4n) is 3.00. The molecular formula is C15H23N3O. The summed E-state index contributed by atoms with van der Waals surface area (Å²) in [7, 11) is 0. The van der Waals surface area contributed by atoms with Crippen molar-refractivity contribution in [1.29, 1.82) is 0 Å². The summed E-state index contributed by atoms with van der Waals surface area (Å²) in [5, 5.41) is 3.15. The number of carbonyl (C=O) groups excluding carboxylic acids is 1. The maximum absolute atomic E-state index is 12.2. The topological polar surface area (TPSA) is 54.9 Å². The second-order valence-corrected chi connectivity index (χ2v) is 6.43. The van der Waals surface area contributed by atoms with Gasteiger partial charge in [0.25, 0.3) is 5.91 Å². The summed E-state index contributed by atoms with van der Waals surface area (Å²) in [6, 6.07) is 0.253. The molecule has 1 amide bonds. The largest absolute Gasteiger partial charge is 0.348 e. The maximum atomic E-state index is 12.2. The fraction of sp³-hybridized carbons (Fsp3) is 0.667. The molecule has 4 nitrogen and oxygen atoms in total. The van der Waals surface area contributed by atoms with Gasteiger partial charge in [-0.3, -0.25) is 9.78 Å². The van der Waals surface area contributed by atoms with Crippen molar-refractivity contribution in [2.45, 2.75) is 52.5 Å². The van der Waals surface area contributed by atoms with E-state index < -0.39 is 0 Å². The first-order valence-electron chi connectivity index (χ1n) is 7.05. The third-order valence-electron chi connectivity index (χ3n) is 3.99. The Morgan fingerprint density at radius 1 is 1.26 bits per heavy atom. The molecule has 19 heavy (non-hydrogen) atoms. The molecule has 0 spiro atoms. The number of nitrogens with zero attached hydrogens (tertiary/aromatic N) is 2. The lowest BCUT2D eigenvalue weighted by atomic mass is 9.69. The van der Waals surface area contributed by atoms with E-state index in [1.807, 2.05) is 0 Å². The molecular weight excluding hydrogens is 238 g/mol. The van der Waals surface area contributed by atoms with E-state index in [1.54, 1.807) is 12.4 Å². The molecule has 0 radical (unpaired) electrons. The lowest BCUT2D eigenvalue weighted by Gasteiger charge is -2.40. The number of carbonyl (C=O) groups is 1. The van der Waals surface area contributed by atoms with Gasteiger partial charge in [0.05, 0.1) is 6.20 Å². The van der Waals surface area contributed by atoms with E-state index in [9.17, 15) is 4.79 Å². The molecule has 1 heterocycles. The van der Waals surface area contributed by atoms with Gasteiger partial charge in [-0.1, -0.05) is 33.6 Å². The number of hydrogen-bond acceptors (Lipinski definition) is 3. The van der Waals surface area contributed by atoms with Crippen LogP contribution in [-0.2, 0) is 0 Å². The third-order valence-corrected chi connectivity index (χ3v) is 3.99. The smallest absolute Gasteiger partial charge is 0.271 e. The number of amides is 1. The first-order chi connectivity index (χ1) is 8.98. The van der Waals surface area contributed by atoms with Gasteiger partial charge in [-0.15, -0.1) is 0 Å². The first kappa shape index (κ1) is 14.0. The zero-order valence-corrected chi connectivity index (χ0v) is 12.0. The molecule has 0 aliphatic heterocycles. The molecule has 104 valence electrons. The van der Waals surface area contributed by atoms with Gasteiger partial charge in [0, 0.05) is 18.4 Å². The van der Waals surface area contributed by atoms with Crippen LogP contribution in [0.25, 0.3) is 0 Å². The van der Waals surface area contributed by atoms with Crippen molar-refractivity contribution < 1.29 is 4.79 Å². The Labute approximate surface area is 115 Å². The zero-order valence-electron chi connectivity index (χ0n) is 12.0. The highest BCUT2D eigenvalue weighted by Gasteiger charge is 2.35. The highest BCUT2D eigenvalue weighted by Crippen LogP contribution is 2.38. The van der Waals surface area contributed by atoms with Crippen LogP contribution in [0, 0.1) is 11.3 Å². The van der Waals surface area contributed by atoms with E-state index in [-0.39, 0.29) is 17.4 Å². The van der Waals surface area contributed by atoms with Crippen molar-refractivity contribution in [1.82, 2.24) is 15.3 Å². The summed E-state index contributed by atoms with van der Waals surface area (Å²) in [4.78, 5) is 20.2. The van der Waals surface area contributed by atoms with Gasteiger partial charge in [-0.25, -0.2) is 4.98 Å². The molecule has 1 N–H and O–H groups in total. The van der Waals surface area contributed by atoms with Crippen molar-refractivity contribution in [3.8, 4) is 0 Å². The van der Waals surface area contributed by atoms with Crippen molar-refractivity contribution in [2.75, 3.05) is 0 Å². The number of hydrogen-bond donors (Lipinski definition) is 1. The summed E-state index contributed by atoms with van der Waals surface area (Å²) in [6.45, 7) is 6.76. The van der Waals surface area contributed by atoms with Crippen LogP contribution in [0.1, 0.15) is 56.9 Å². The summed E-state index contributed by atoms with van der Waals surface area (Å²) < 4.78 is 0. The van der Waals surface area contributed by atoms with Crippen molar-refractivity contribution >= 4 is 5.91 Å². The first-order valence-corrected chi connectivity index (χ1v) is 7.05. The average molecular weight is 261 g/mol. The van der Waals surface area contributed by atoms with Gasteiger partial charge in [0.15, 0.2) is 0 Å². The highest BCUT2D eigenvalue weighted by atomic mass is 16.1. The van der Waals surface area contributed by atoms with Crippen LogP contribution >= 0.6 is 0 Å². The number of rotatable bonds is 2. The highest BCUT2D eigenvalue weighted by molar-refractivity contribution is 5.92. The van der Waals surface area contributed by atoms with Crippen molar-refractivity contribution in [3.05, 3.63) is 24.3 Å². The molecule has 1 aromatic heterocycles. The van der Waals surface area contributed by atoms with Crippen molar-refractivity contribution in [2.24, 2.45) is 11.3 Å². The Morgan fingerprint density at radius 2 is 2.00 bits per heavy atom. The maximum Gasteiger partial charge on any atom is 0.271 e. The second-order valence-electron chi connectivity index (χ2n) is 6.43. The zero-order chi connectivity index (χ0) is 13.9. The molecule has 0 saturated heterocycles. The minimum atomic E-state index is -0.103. The molecule has 0 unspecified atom stereocenters. The lowest BCUT2D eigenvalue weighted by molar-refractivity contribution is 0.0825. The molecule has 1 aliphatic carbocycles. The Bertz CT molecular complexity index is 425. The van der Waals surface area contributed by atoms with Crippen LogP contribution < -0.4 is 5.32 Å². The van der Waals surface area contributed by atoms with Crippen LogP contribution in [-0.4, -0.2) is 21.9 Å². The van der Waals surface area contributed by atoms with Gasteiger partial charge in [0.2, 0.25) is 0 Å². The van der Waals surface area contributed by atoms with E-state index in [0.717, 1.165) is 6.42 Å². The van der Waals surface area contributed by atoms with E-state index in [4.69, 9.17) is 0 Å². The van der Waals surface area contributed by atoms with Crippen LogP contribution in [0.5, 0.6) is 0 Å². The third kappa shape index (κ3) is 3.52.